The van der Waals surface area contributed by atoms with Crippen molar-refractivity contribution in [3.63, 3.8) is 0 Å². The SMILES string of the molecule is COc1cccc(CC(C)NC(=O)CCOc2cc(C)ccc2C)c1. The second kappa shape index (κ2) is 9.11. The van der Waals surface area contributed by atoms with Crippen LogP contribution < -0.4 is 14.8 Å². The number of ether oxygens (including phenoxy) is 2. The highest BCUT2D eigenvalue weighted by atomic mass is 16.5. The molecule has 0 saturated heterocycles. The van der Waals surface area contributed by atoms with Crippen LogP contribution in [0, 0.1) is 13.8 Å². The number of rotatable bonds is 8. The summed E-state index contributed by atoms with van der Waals surface area (Å²) in [6.45, 7) is 6.41. The molecule has 0 saturated carbocycles. The van der Waals surface area contributed by atoms with Crippen molar-refractivity contribution in [1.29, 1.82) is 0 Å². The smallest absolute Gasteiger partial charge is 0.223 e. The van der Waals surface area contributed by atoms with Gasteiger partial charge >= 0.3 is 0 Å². The summed E-state index contributed by atoms with van der Waals surface area (Å²) in [6.07, 6.45) is 1.11. The van der Waals surface area contributed by atoms with E-state index < -0.39 is 0 Å². The first kappa shape index (κ1) is 18.8. The van der Waals surface area contributed by atoms with Crippen LogP contribution in [0.3, 0.4) is 0 Å². The van der Waals surface area contributed by atoms with Gasteiger partial charge in [0.25, 0.3) is 0 Å². The van der Waals surface area contributed by atoms with E-state index in [0.717, 1.165) is 34.6 Å². The minimum Gasteiger partial charge on any atom is -0.497 e. The summed E-state index contributed by atoms with van der Waals surface area (Å²) in [5, 5.41) is 3.02. The molecular formula is C21H27NO3. The average Bonchev–Trinajstić information content (AvgIpc) is 2.58. The lowest BCUT2D eigenvalue weighted by atomic mass is 10.1. The summed E-state index contributed by atoms with van der Waals surface area (Å²) in [5.41, 5.74) is 3.37. The van der Waals surface area contributed by atoms with Crippen molar-refractivity contribution in [2.45, 2.75) is 39.7 Å². The molecule has 4 heteroatoms. The summed E-state index contributed by atoms with van der Waals surface area (Å²) in [5.74, 6) is 1.68. The Labute approximate surface area is 150 Å². The number of hydrogen-bond donors (Lipinski definition) is 1. The van der Waals surface area contributed by atoms with Gasteiger partial charge in [-0.05, 0) is 62.1 Å². The number of nitrogens with one attached hydrogen (secondary N) is 1. The Kier molecular flexibility index (Phi) is 6.87. The Morgan fingerprint density at radius 1 is 1.16 bits per heavy atom. The van der Waals surface area contributed by atoms with Crippen molar-refractivity contribution in [3.05, 3.63) is 59.2 Å². The summed E-state index contributed by atoms with van der Waals surface area (Å²) in [6, 6.07) is 14.0. The predicted octanol–water partition coefficient (Wildman–Crippen LogP) is 3.83. The molecule has 25 heavy (non-hydrogen) atoms. The van der Waals surface area contributed by atoms with E-state index in [-0.39, 0.29) is 11.9 Å². The summed E-state index contributed by atoms with van der Waals surface area (Å²) < 4.78 is 11.0. The van der Waals surface area contributed by atoms with Crippen molar-refractivity contribution in [2.24, 2.45) is 0 Å². The van der Waals surface area contributed by atoms with Gasteiger partial charge in [-0.2, -0.15) is 0 Å². The second-order valence-corrected chi connectivity index (χ2v) is 6.39. The van der Waals surface area contributed by atoms with E-state index in [0.29, 0.717) is 13.0 Å². The molecule has 4 nitrogen and oxygen atoms in total. The zero-order valence-electron chi connectivity index (χ0n) is 15.5. The lowest BCUT2D eigenvalue weighted by molar-refractivity contribution is -0.122. The number of benzene rings is 2. The first-order valence-electron chi connectivity index (χ1n) is 8.60. The fourth-order valence-corrected chi connectivity index (χ4v) is 2.67. The number of methoxy groups -OCH3 is 1. The molecule has 0 bridgehead atoms. The highest BCUT2D eigenvalue weighted by Crippen LogP contribution is 2.19. The third kappa shape index (κ3) is 6.14. The molecule has 1 atom stereocenters. The summed E-state index contributed by atoms with van der Waals surface area (Å²) in [7, 11) is 1.65. The maximum absolute atomic E-state index is 12.1. The van der Waals surface area contributed by atoms with Crippen molar-refractivity contribution in [2.75, 3.05) is 13.7 Å². The van der Waals surface area contributed by atoms with Crippen molar-refractivity contribution in [3.8, 4) is 11.5 Å². The molecule has 0 spiro atoms. The molecule has 1 unspecified atom stereocenters. The number of hydrogen-bond acceptors (Lipinski definition) is 3. The quantitative estimate of drug-likeness (QED) is 0.794. The van der Waals surface area contributed by atoms with Gasteiger partial charge < -0.3 is 14.8 Å². The third-order valence-electron chi connectivity index (χ3n) is 4.01. The third-order valence-corrected chi connectivity index (χ3v) is 4.01. The number of amides is 1. The van der Waals surface area contributed by atoms with Gasteiger partial charge in [0.05, 0.1) is 20.1 Å². The normalized spacial score (nSPS) is 11.7. The number of carbonyl (C=O) groups excluding carboxylic acids is 1. The van der Waals surface area contributed by atoms with Crippen LogP contribution in [0.5, 0.6) is 11.5 Å². The molecule has 0 fully saturated rings. The van der Waals surface area contributed by atoms with Crippen LogP contribution in [0.25, 0.3) is 0 Å². The van der Waals surface area contributed by atoms with E-state index in [1.807, 2.05) is 57.2 Å². The Morgan fingerprint density at radius 2 is 1.96 bits per heavy atom. The van der Waals surface area contributed by atoms with Gasteiger partial charge in [-0.3, -0.25) is 4.79 Å². The van der Waals surface area contributed by atoms with Gasteiger partial charge in [0, 0.05) is 6.04 Å². The van der Waals surface area contributed by atoms with Gasteiger partial charge in [0.1, 0.15) is 11.5 Å². The van der Waals surface area contributed by atoms with Crippen LogP contribution in [0.15, 0.2) is 42.5 Å². The zero-order valence-corrected chi connectivity index (χ0v) is 15.5. The van der Waals surface area contributed by atoms with Crippen molar-refractivity contribution in [1.82, 2.24) is 5.32 Å². The van der Waals surface area contributed by atoms with Crippen molar-refractivity contribution >= 4 is 5.91 Å². The molecule has 0 aliphatic heterocycles. The van der Waals surface area contributed by atoms with E-state index in [9.17, 15) is 4.79 Å². The number of aryl methyl sites for hydroxylation is 2. The monoisotopic (exact) mass is 341 g/mol. The van der Waals surface area contributed by atoms with Crippen molar-refractivity contribution < 1.29 is 14.3 Å². The highest BCUT2D eigenvalue weighted by Gasteiger charge is 2.09. The van der Waals surface area contributed by atoms with Crippen LogP contribution in [-0.2, 0) is 11.2 Å². The molecule has 0 radical (unpaired) electrons. The zero-order chi connectivity index (χ0) is 18.2. The molecule has 1 N–H and O–H groups in total. The molecule has 134 valence electrons. The molecular weight excluding hydrogens is 314 g/mol. The van der Waals surface area contributed by atoms with Crippen LogP contribution >= 0.6 is 0 Å². The molecule has 0 heterocycles. The van der Waals surface area contributed by atoms with Crippen LogP contribution in [0.1, 0.15) is 30.0 Å². The minimum atomic E-state index is 0.000650. The Hall–Kier alpha value is -2.49. The van der Waals surface area contributed by atoms with E-state index >= 15 is 0 Å². The van der Waals surface area contributed by atoms with Crippen LogP contribution in [0.4, 0.5) is 0 Å². The number of carbonyl (C=O) groups is 1. The molecule has 0 aliphatic rings. The van der Waals surface area contributed by atoms with Gasteiger partial charge in [0.15, 0.2) is 0 Å². The lowest BCUT2D eigenvalue weighted by Gasteiger charge is -2.15. The van der Waals surface area contributed by atoms with Gasteiger partial charge in [-0.25, -0.2) is 0 Å². The molecule has 0 aliphatic carbocycles. The van der Waals surface area contributed by atoms with E-state index in [1.165, 1.54) is 0 Å². The van der Waals surface area contributed by atoms with E-state index in [2.05, 4.69) is 11.4 Å². The molecule has 2 rings (SSSR count). The molecule has 2 aromatic rings. The first-order valence-corrected chi connectivity index (χ1v) is 8.60. The maximum atomic E-state index is 12.1. The van der Waals surface area contributed by atoms with Gasteiger partial charge in [-0.15, -0.1) is 0 Å². The lowest BCUT2D eigenvalue weighted by Crippen LogP contribution is -2.34. The van der Waals surface area contributed by atoms with E-state index in [1.54, 1.807) is 7.11 Å². The summed E-state index contributed by atoms with van der Waals surface area (Å²) >= 11 is 0. The Balaban J connectivity index is 1.76. The maximum Gasteiger partial charge on any atom is 0.223 e. The van der Waals surface area contributed by atoms with E-state index in [4.69, 9.17) is 9.47 Å². The van der Waals surface area contributed by atoms with Gasteiger partial charge in [0.2, 0.25) is 5.91 Å². The molecule has 1 amide bonds. The van der Waals surface area contributed by atoms with Gasteiger partial charge in [-0.1, -0.05) is 24.3 Å². The fraction of sp³-hybridized carbons (Fsp3) is 0.381. The topological polar surface area (TPSA) is 47.6 Å². The Morgan fingerprint density at radius 3 is 2.72 bits per heavy atom. The minimum absolute atomic E-state index is 0.000650. The Bertz CT molecular complexity index is 712. The largest absolute Gasteiger partial charge is 0.497 e. The fourth-order valence-electron chi connectivity index (χ4n) is 2.67. The highest BCUT2D eigenvalue weighted by molar-refractivity contribution is 5.76. The average molecular weight is 341 g/mol. The predicted molar refractivity (Wildman–Crippen MR) is 100 cm³/mol. The van der Waals surface area contributed by atoms with Crippen LogP contribution in [0.2, 0.25) is 0 Å². The van der Waals surface area contributed by atoms with Crippen LogP contribution in [-0.4, -0.2) is 25.7 Å². The first-order chi connectivity index (χ1) is 12.0. The standard InChI is InChI=1S/C21H27NO3/c1-15-8-9-16(2)20(12-15)25-11-10-21(23)22-17(3)13-18-6-5-7-19(14-18)24-4/h5-9,12,14,17H,10-11,13H2,1-4H3,(H,22,23). The molecule has 2 aromatic carbocycles. The molecule has 0 aromatic heterocycles. The second-order valence-electron chi connectivity index (χ2n) is 6.39. The summed E-state index contributed by atoms with van der Waals surface area (Å²) in [4.78, 5) is 12.1.